The number of nitrogens with two attached hydrogens (primary N) is 2. The molecule has 8 heteroatoms. The average molecular weight is 391 g/mol. The minimum Gasteiger partial charge on any atom is -0.397 e. The molecular weight excluding hydrogens is 366 g/mol. The molecule has 150 valence electrons. The normalized spacial score (nSPS) is 11.9. The standard InChI is InChI=1S/C15H16N6.C4H6O.C2H3N/c1-8-10(5-19-7-12(8)16)13-3-9-4-14(18-2)20-6-11(9)15(17)21-13;5-3-4-1-2-4;1-2-3/h3-7H,16H2,1-2H3,(H2,17,21)(H,18,20);3-4H,1-2H2;1H3. The summed E-state index contributed by atoms with van der Waals surface area (Å²) in [7, 11) is 1.82. The van der Waals surface area contributed by atoms with E-state index in [2.05, 4.69) is 20.3 Å². The number of aldehydes is 1. The van der Waals surface area contributed by atoms with Gasteiger partial charge in [0.25, 0.3) is 0 Å². The van der Waals surface area contributed by atoms with Crippen molar-refractivity contribution in [3.8, 4) is 17.3 Å². The SMILES string of the molecule is CC#N.CNc1cc2cc(-c3cncc(N)c3C)nc(N)c2cn1.O=CC1CC1. The third-order valence-electron chi connectivity index (χ3n) is 4.35. The molecule has 1 aliphatic carbocycles. The van der Waals surface area contributed by atoms with Crippen molar-refractivity contribution in [2.45, 2.75) is 26.7 Å². The molecule has 1 fully saturated rings. The van der Waals surface area contributed by atoms with Crippen molar-refractivity contribution in [3.63, 3.8) is 0 Å². The monoisotopic (exact) mass is 391 g/mol. The van der Waals surface area contributed by atoms with Crippen LogP contribution in [0.5, 0.6) is 0 Å². The topological polar surface area (TPSA) is 144 Å². The Morgan fingerprint density at radius 2 is 1.93 bits per heavy atom. The second-order valence-corrected chi connectivity index (χ2v) is 6.53. The lowest BCUT2D eigenvalue weighted by Gasteiger charge is -2.10. The van der Waals surface area contributed by atoms with Crippen LogP contribution >= 0.6 is 0 Å². The van der Waals surface area contributed by atoms with Gasteiger partial charge >= 0.3 is 0 Å². The highest BCUT2D eigenvalue weighted by atomic mass is 16.1. The van der Waals surface area contributed by atoms with Crippen LogP contribution in [0.4, 0.5) is 17.3 Å². The summed E-state index contributed by atoms with van der Waals surface area (Å²) >= 11 is 0. The van der Waals surface area contributed by atoms with Crippen molar-refractivity contribution < 1.29 is 4.79 Å². The van der Waals surface area contributed by atoms with Crippen LogP contribution in [-0.2, 0) is 4.79 Å². The van der Waals surface area contributed by atoms with Gasteiger partial charge in [-0.1, -0.05) is 0 Å². The van der Waals surface area contributed by atoms with E-state index in [4.69, 9.17) is 16.7 Å². The molecule has 3 heterocycles. The Kier molecular flexibility index (Phi) is 7.43. The molecule has 5 N–H and O–H groups in total. The van der Waals surface area contributed by atoms with Crippen molar-refractivity contribution in [1.82, 2.24) is 15.0 Å². The minimum atomic E-state index is 0.444. The first kappa shape index (κ1) is 21.6. The van der Waals surface area contributed by atoms with Gasteiger partial charge in [-0.15, -0.1) is 0 Å². The number of nitrogens with zero attached hydrogens (tertiary/aromatic N) is 4. The zero-order valence-electron chi connectivity index (χ0n) is 16.8. The zero-order chi connectivity index (χ0) is 21.4. The molecular formula is C21H25N7O. The Balaban J connectivity index is 0.000000316. The van der Waals surface area contributed by atoms with E-state index < -0.39 is 0 Å². The van der Waals surface area contributed by atoms with Gasteiger partial charge in [0.1, 0.15) is 17.9 Å². The summed E-state index contributed by atoms with van der Waals surface area (Å²) in [5.74, 6) is 1.68. The number of hydrogen-bond acceptors (Lipinski definition) is 8. The number of rotatable bonds is 3. The van der Waals surface area contributed by atoms with E-state index in [1.54, 1.807) is 24.7 Å². The maximum atomic E-state index is 9.57. The predicted molar refractivity (Wildman–Crippen MR) is 116 cm³/mol. The van der Waals surface area contributed by atoms with Crippen molar-refractivity contribution >= 4 is 34.4 Å². The highest BCUT2D eigenvalue weighted by Gasteiger charge is 2.19. The summed E-state index contributed by atoms with van der Waals surface area (Å²) in [6, 6.07) is 5.66. The summed E-state index contributed by atoms with van der Waals surface area (Å²) in [6.07, 6.45) is 8.41. The second-order valence-electron chi connectivity index (χ2n) is 6.53. The smallest absolute Gasteiger partial charge is 0.133 e. The lowest BCUT2D eigenvalue weighted by atomic mass is 10.0. The molecule has 3 aromatic heterocycles. The van der Waals surface area contributed by atoms with E-state index in [9.17, 15) is 4.79 Å². The van der Waals surface area contributed by atoms with E-state index in [1.165, 1.54) is 6.92 Å². The number of aromatic nitrogens is 3. The molecule has 0 atom stereocenters. The van der Waals surface area contributed by atoms with E-state index in [0.717, 1.165) is 52.5 Å². The second kappa shape index (κ2) is 9.99. The van der Waals surface area contributed by atoms with Gasteiger partial charge in [-0.3, -0.25) is 4.98 Å². The first-order valence-electron chi connectivity index (χ1n) is 9.15. The first-order chi connectivity index (χ1) is 13.9. The summed E-state index contributed by atoms with van der Waals surface area (Å²) in [5.41, 5.74) is 15.2. The van der Waals surface area contributed by atoms with Crippen molar-refractivity contribution in [2.75, 3.05) is 23.8 Å². The number of nitrogen functional groups attached to an aromatic ring is 2. The number of carbonyl (C=O) groups excluding carboxylic acids is 1. The Labute approximate surface area is 170 Å². The number of anilines is 3. The molecule has 0 aliphatic heterocycles. The summed E-state index contributed by atoms with van der Waals surface area (Å²) in [4.78, 5) is 22.4. The number of carbonyl (C=O) groups is 1. The highest BCUT2D eigenvalue weighted by molar-refractivity contribution is 5.94. The maximum absolute atomic E-state index is 9.57. The Morgan fingerprint density at radius 1 is 1.24 bits per heavy atom. The lowest BCUT2D eigenvalue weighted by Crippen LogP contribution is -1.99. The summed E-state index contributed by atoms with van der Waals surface area (Å²) in [6.45, 7) is 3.37. The molecule has 0 saturated heterocycles. The van der Waals surface area contributed by atoms with Crippen LogP contribution in [0.25, 0.3) is 22.0 Å². The quantitative estimate of drug-likeness (QED) is 0.577. The molecule has 0 unspecified atom stereocenters. The lowest BCUT2D eigenvalue weighted by molar-refractivity contribution is -0.108. The minimum absolute atomic E-state index is 0.444. The fourth-order valence-electron chi connectivity index (χ4n) is 2.48. The molecule has 0 aromatic carbocycles. The summed E-state index contributed by atoms with van der Waals surface area (Å²) < 4.78 is 0. The van der Waals surface area contributed by atoms with Gasteiger partial charge in [-0.05, 0) is 42.8 Å². The van der Waals surface area contributed by atoms with Gasteiger partial charge in [0.2, 0.25) is 0 Å². The number of pyridine rings is 3. The fourth-order valence-corrected chi connectivity index (χ4v) is 2.48. The largest absolute Gasteiger partial charge is 0.397 e. The van der Waals surface area contributed by atoms with Gasteiger partial charge in [0.15, 0.2) is 0 Å². The zero-order valence-corrected chi connectivity index (χ0v) is 16.8. The van der Waals surface area contributed by atoms with Crippen LogP contribution in [0.15, 0.2) is 30.7 Å². The Bertz CT molecular complexity index is 1040. The third kappa shape index (κ3) is 5.62. The molecule has 3 aromatic rings. The van der Waals surface area contributed by atoms with Crippen molar-refractivity contribution in [3.05, 3.63) is 36.3 Å². The predicted octanol–water partition coefficient (Wildman–Crippen LogP) is 3.33. The average Bonchev–Trinajstić information content (AvgIpc) is 3.55. The van der Waals surface area contributed by atoms with Crippen LogP contribution in [-0.4, -0.2) is 28.3 Å². The van der Waals surface area contributed by atoms with Gasteiger partial charge in [0.05, 0.1) is 23.6 Å². The van der Waals surface area contributed by atoms with Gasteiger partial charge in [-0.25, -0.2) is 9.97 Å². The van der Waals surface area contributed by atoms with Gasteiger partial charge < -0.3 is 21.6 Å². The number of nitrogens with one attached hydrogen (secondary N) is 1. The van der Waals surface area contributed by atoms with E-state index >= 15 is 0 Å². The highest BCUT2D eigenvalue weighted by Crippen LogP contribution is 2.30. The molecule has 0 radical (unpaired) electrons. The maximum Gasteiger partial charge on any atom is 0.133 e. The van der Waals surface area contributed by atoms with Crippen LogP contribution in [0.1, 0.15) is 25.3 Å². The van der Waals surface area contributed by atoms with Gasteiger partial charge in [0, 0.05) is 43.2 Å². The Morgan fingerprint density at radius 3 is 2.48 bits per heavy atom. The molecule has 1 aliphatic rings. The van der Waals surface area contributed by atoms with Crippen LogP contribution in [0, 0.1) is 24.2 Å². The van der Waals surface area contributed by atoms with Crippen molar-refractivity contribution in [2.24, 2.45) is 5.92 Å². The van der Waals surface area contributed by atoms with E-state index in [0.29, 0.717) is 17.4 Å². The van der Waals surface area contributed by atoms with Crippen LogP contribution < -0.4 is 16.8 Å². The number of fused-ring (bicyclic) bond motifs is 1. The molecule has 0 amide bonds. The fraction of sp³-hybridized carbons (Fsp3) is 0.286. The number of nitriles is 1. The van der Waals surface area contributed by atoms with Crippen LogP contribution in [0.2, 0.25) is 0 Å². The van der Waals surface area contributed by atoms with Crippen molar-refractivity contribution in [1.29, 1.82) is 5.26 Å². The van der Waals surface area contributed by atoms with Gasteiger partial charge in [-0.2, -0.15) is 5.26 Å². The molecule has 8 nitrogen and oxygen atoms in total. The molecule has 4 rings (SSSR count). The molecule has 29 heavy (non-hydrogen) atoms. The first-order valence-corrected chi connectivity index (χ1v) is 9.15. The molecule has 1 saturated carbocycles. The molecule has 0 bridgehead atoms. The van der Waals surface area contributed by atoms with Crippen LogP contribution in [0.3, 0.4) is 0 Å². The third-order valence-corrected chi connectivity index (χ3v) is 4.35. The summed E-state index contributed by atoms with van der Waals surface area (Å²) in [5, 5.41) is 12.1. The Hall–Kier alpha value is -3.73. The molecule has 0 spiro atoms. The van der Waals surface area contributed by atoms with E-state index in [-0.39, 0.29) is 0 Å². The number of hydrogen-bond donors (Lipinski definition) is 3. The van der Waals surface area contributed by atoms with E-state index in [1.807, 2.05) is 26.1 Å².